The summed E-state index contributed by atoms with van der Waals surface area (Å²) in [5.41, 5.74) is 5.03. The van der Waals surface area contributed by atoms with Crippen molar-refractivity contribution in [3.63, 3.8) is 0 Å². The molecule has 0 unspecified atom stereocenters. The van der Waals surface area contributed by atoms with Gasteiger partial charge in [0.2, 0.25) is 19.3 Å². The highest BCUT2D eigenvalue weighted by Gasteiger charge is 2.31. The Morgan fingerprint density at radius 2 is 1.65 bits per heavy atom. The van der Waals surface area contributed by atoms with E-state index in [-0.39, 0.29) is 5.48 Å². The van der Waals surface area contributed by atoms with Crippen molar-refractivity contribution < 1.29 is 29.0 Å². The standard InChI is InChI=1S/C20H16NO4.H2O/c1-11-13-2-3-16-20(25-10-22-16)15(13)8-21-5-4-12-6-17-18(24-9-23-17)7-14(12)19(11)21;/h2-3,6-8H,4-5,9-10H2,1H3;1H2/q+1;/p-1. The second kappa shape index (κ2) is 5.25. The van der Waals surface area contributed by atoms with E-state index < -0.39 is 0 Å². The van der Waals surface area contributed by atoms with Gasteiger partial charge in [0.15, 0.2) is 35.7 Å². The zero-order chi connectivity index (χ0) is 16.5. The minimum Gasteiger partial charge on any atom is -0.870 e. The minimum atomic E-state index is 0. The van der Waals surface area contributed by atoms with Gasteiger partial charge in [-0.15, -0.1) is 0 Å². The zero-order valence-electron chi connectivity index (χ0n) is 14.2. The number of pyridine rings is 1. The van der Waals surface area contributed by atoms with Crippen molar-refractivity contribution in [1.29, 1.82) is 0 Å². The summed E-state index contributed by atoms with van der Waals surface area (Å²) in [6.45, 7) is 3.71. The SMILES string of the molecule is Cc1c2[n+](cc3c4c(ccc13)OCO4)CCc1cc3c(cc1-2)OCO3.[OH-]. The molecule has 1 N–H and O–H groups in total. The Bertz CT molecular complexity index is 1080. The second-order valence-electron chi connectivity index (χ2n) is 6.67. The van der Waals surface area contributed by atoms with E-state index in [4.69, 9.17) is 18.9 Å². The number of aryl methyl sites for hydroxylation is 3. The van der Waals surface area contributed by atoms with E-state index in [9.17, 15) is 0 Å². The Labute approximate surface area is 149 Å². The first kappa shape index (κ1) is 15.3. The number of nitrogens with zero attached hydrogens (tertiary/aromatic N) is 1. The molecule has 3 aliphatic heterocycles. The fourth-order valence-electron chi connectivity index (χ4n) is 4.20. The lowest BCUT2D eigenvalue weighted by Crippen LogP contribution is -2.40. The average molecular weight is 351 g/mol. The van der Waals surface area contributed by atoms with E-state index in [0.29, 0.717) is 13.6 Å². The van der Waals surface area contributed by atoms with Crippen LogP contribution in [0.15, 0.2) is 30.5 Å². The van der Waals surface area contributed by atoms with E-state index in [0.717, 1.165) is 41.3 Å². The summed E-state index contributed by atoms with van der Waals surface area (Å²) >= 11 is 0. The highest BCUT2D eigenvalue weighted by Crippen LogP contribution is 2.44. The van der Waals surface area contributed by atoms with Gasteiger partial charge >= 0.3 is 0 Å². The lowest BCUT2D eigenvalue weighted by molar-refractivity contribution is -0.686. The van der Waals surface area contributed by atoms with Gasteiger partial charge < -0.3 is 24.4 Å². The Balaban J connectivity index is 0.00000150. The first-order valence-corrected chi connectivity index (χ1v) is 8.48. The molecule has 6 nitrogen and oxygen atoms in total. The molecule has 0 spiro atoms. The molecule has 0 amide bonds. The number of hydrogen-bond acceptors (Lipinski definition) is 5. The number of benzene rings is 2. The number of fused-ring (bicyclic) bond motifs is 7. The Morgan fingerprint density at radius 3 is 2.54 bits per heavy atom. The van der Waals surface area contributed by atoms with Gasteiger partial charge in [0.05, 0.1) is 10.9 Å². The van der Waals surface area contributed by atoms with Crippen LogP contribution in [0.2, 0.25) is 0 Å². The number of rotatable bonds is 0. The lowest BCUT2D eigenvalue weighted by atomic mass is 9.92. The smallest absolute Gasteiger partial charge is 0.231 e. The molecular weight excluding hydrogens is 334 g/mol. The van der Waals surface area contributed by atoms with Crippen LogP contribution in [0.1, 0.15) is 11.1 Å². The molecule has 0 saturated heterocycles. The van der Waals surface area contributed by atoms with Gasteiger partial charge in [-0.3, -0.25) is 0 Å². The van der Waals surface area contributed by atoms with Crippen molar-refractivity contribution in [3.05, 3.63) is 41.6 Å². The highest BCUT2D eigenvalue weighted by atomic mass is 16.7. The fourth-order valence-corrected chi connectivity index (χ4v) is 4.20. The van der Waals surface area contributed by atoms with Crippen molar-refractivity contribution in [1.82, 2.24) is 0 Å². The molecule has 6 heteroatoms. The van der Waals surface area contributed by atoms with Gasteiger partial charge in [-0.2, -0.15) is 4.57 Å². The van der Waals surface area contributed by atoms with E-state index >= 15 is 0 Å². The van der Waals surface area contributed by atoms with Crippen LogP contribution in [0.5, 0.6) is 23.0 Å². The summed E-state index contributed by atoms with van der Waals surface area (Å²) < 4.78 is 24.7. The third-order valence-corrected chi connectivity index (χ3v) is 5.38. The van der Waals surface area contributed by atoms with E-state index in [2.05, 4.69) is 35.9 Å². The molecular formula is C20H17NO5. The fraction of sp³-hybridized carbons (Fsp3) is 0.250. The molecule has 0 bridgehead atoms. The summed E-state index contributed by atoms with van der Waals surface area (Å²) in [6, 6.07) is 8.37. The normalized spacial score (nSPS) is 15.4. The predicted octanol–water partition coefficient (Wildman–Crippen LogP) is 2.94. The molecule has 0 saturated carbocycles. The number of hydrogen-bond donors (Lipinski definition) is 0. The van der Waals surface area contributed by atoms with Crippen molar-refractivity contribution in [3.8, 4) is 34.3 Å². The van der Waals surface area contributed by atoms with Gasteiger partial charge in [0.25, 0.3) is 0 Å². The van der Waals surface area contributed by atoms with Crippen LogP contribution < -0.4 is 23.5 Å². The summed E-state index contributed by atoms with van der Waals surface area (Å²) in [6.07, 6.45) is 3.17. The summed E-state index contributed by atoms with van der Waals surface area (Å²) in [4.78, 5) is 0. The Kier molecular flexibility index (Phi) is 3.09. The largest absolute Gasteiger partial charge is 0.870 e. The average Bonchev–Trinajstić information content (AvgIpc) is 3.28. The van der Waals surface area contributed by atoms with Crippen LogP contribution in [0.3, 0.4) is 0 Å². The third-order valence-electron chi connectivity index (χ3n) is 5.38. The summed E-state index contributed by atoms with van der Waals surface area (Å²) in [5.74, 6) is 3.37. The quantitative estimate of drug-likeness (QED) is 0.583. The highest BCUT2D eigenvalue weighted by molar-refractivity contribution is 5.95. The topological polar surface area (TPSA) is 70.8 Å². The number of ether oxygens (including phenoxy) is 4. The molecule has 0 radical (unpaired) electrons. The van der Waals surface area contributed by atoms with Crippen LogP contribution in [0.4, 0.5) is 0 Å². The molecule has 0 aliphatic carbocycles. The maximum atomic E-state index is 5.72. The Hall–Kier alpha value is -2.99. The Morgan fingerprint density at radius 1 is 0.885 bits per heavy atom. The van der Waals surface area contributed by atoms with Gasteiger partial charge in [0, 0.05) is 17.4 Å². The molecule has 132 valence electrons. The monoisotopic (exact) mass is 351 g/mol. The van der Waals surface area contributed by atoms with Crippen LogP contribution >= 0.6 is 0 Å². The van der Waals surface area contributed by atoms with Gasteiger partial charge in [-0.25, -0.2) is 0 Å². The molecule has 0 fully saturated rings. The van der Waals surface area contributed by atoms with Gasteiger partial charge in [-0.05, 0) is 36.8 Å². The maximum Gasteiger partial charge on any atom is 0.231 e. The van der Waals surface area contributed by atoms with Crippen LogP contribution in [-0.2, 0) is 13.0 Å². The van der Waals surface area contributed by atoms with E-state index in [1.807, 2.05) is 6.07 Å². The van der Waals surface area contributed by atoms with Crippen LogP contribution in [-0.4, -0.2) is 19.1 Å². The zero-order valence-corrected chi connectivity index (χ0v) is 14.2. The molecule has 3 aliphatic rings. The molecule has 3 aromatic rings. The van der Waals surface area contributed by atoms with Crippen molar-refractivity contribution in [2.24, 2.45) is 0 Å². The molecule has 1 aromatic heterocycles. The van der Waals surface area contributed by atoms with Crippen molar-refractivity contribution in [2.75, 3.05) is 13.6 Å². The third kappa shape index (κ3) is 1.87. The summed E-state index contributed by atoms with van der Waals surface area (Å²) in [7, 11) is 0. The molecule has 26 heavy (non-hydrogen) atoms. The van der Waals surface area contributed by atoms with Crippen LogP contribution in [0, 0.1) is 6.92 Å². The number of aromatic nitrogens is 1. The molecule has 2 aromatic carbocycles. The first-order valence-electron chi connectivity index (χ1n) is 8.48. The second-order valence-corrected chi connectivity index (χ2v) is 6.67. The van der Waals surface area contributed by atoms with Crippen molar-refractivity contribution in [2.45, 2.75) is 19.9 Å². The minimum absolute atomic E-state index is 0. The maximum absolute atomic E-state index is 5.72. The van der Waals surface area contributed by atoms with Gasteiger partial charge in [-0.1, -0.05) is 0 Å². The first-order chi connectivity index (χ1) is 12.3. The predicted molar refractivity (Wildman–Crippen MR) is 92.2 cm³/mol. The summed E-state index contributed by atoms with van der Waals surface area (Å²) in [5, 5.41) is 2.31. The van der Waals surface area contributed by atoms with Gasteiger partial charge in [0.1, 0.15) is 0 Å². The van der Waals surface area contributed by atoms with Crippen LogP contribution in [0.25, 0.3) is 22.0 Å². The van der Waals surface area contributed by atoms with E-state index in [1.165, 1.54) is 27.8 Å². The molecule has 6 rings (SSSR count). The molecule has 0 atom stereocenters. The molecule has 4 heterocycles. The lowest BCUT2D eigenvalue weighted by Gasteiger charge is -2.18. The van der Waals surface area contributed by atoms with Crippen molar-refractivity contribution >= 4 is 10.8 Å². The van der Waals surface area contributed by atoms with E-state index in [1.54, 1.807) is 0 Å².